The van der Waals surface area contributed by atoms with E-state index < -0.39 is 74.7 Å². The molecule has 610 valence electrons. The zero-order valence-electron chi connectivity index (χ0n) is 64.4. The zero-order chi connectivity index (χ0) is 83.2. The summed E-state index contributed by atoms with van der Waals surface area (Å²) in [5.74, 6) is 0.515. The topological polar surface area (TPSA) is 333 Å². The minimum Gasteiger partial charge on any atom is -0.484 e. The van der Waals surface area contributed by atoms with Crippen LogP contribution in [0.15, 0.2) is 184 Å². The monoisotopic (exact) mass is 1720 g/mol. The number of rotatable bonds is 4. The Bertz CT molecular complexity index is 5570. The van der Waals surface area contributed by atoms with Gasteiger partial charge in [0.2, 0.25) is 46.3 Å². The van der Waals surface area contributed by atoms with E-state index in [-0.39, 0.29) is 18.1 Å². The third-order valence-corrected chi connectivity index (χ3v) is 29.0. The van der Waals surface area contributed by atoms with Gasteiger partial charge in [-0.2, -0.15) is 0 Å². The number of hydrogen-bond acceptors (Lipinski definition) is 22. The number of nitrogens with one attached hydrogen (secondary N) is 3. The van der Waals surface area contributed by atoms with E-state index in [2.05, 4.69) is 20.9 Å². The van der Waals surface area contributed by atoms with Crippen LogP contribution in [0.5, 0.6) is 0 Å². The second-order valence-corrected chi connectivity index (χ2v) is 35.4. The fourth-order valence-electron chi connectivity index (χ4n) is 16.0. The number of ketones is 8. The molecule has 8 amide bonds. The molecule has 0 radical (unpaired) electrons. The lowest BCUT2D eigenvalue weighted by Crippen LogP contribution is -2.52. The standard InChI is InChI=1S/C25H25N3O4S.C23H18Cl2N2O4S.C22H19N3O4S.C17H16N2O4S/c1-27(2)17-9-7-16(8-10-17)26-24(31)28-13-11-25(12-14-28)15-33-23-21(30)20(29)18-5-3-4-6-19(18)22(23)32-25;24-16-6-5-13(11-17(16)25)26-22(30)27-9-7-23(8-10-27)12-32-21-19(29)18(28)14-3-1-2-4-15(14)20(21)31-23;26-17-15-5-1-2-6-16(15)19-20(18(17)27)30-13-22(29-19)7-10-25(11-8-22)21(28)24-14-4-3-9-23-12-14;18-16(22)19-7-5-17(6-8-19)9-24-15-13(21)12(20)10-3-1-2-4-11(10)14(15)23-17/h3-10H,11-15H2,1-2H3,(H,26,31);1-6,11H,7-10,12H2,(H,26,30);1-6,9,12H,7-8,10-11,13H2,(H,24,28);1-4H,5-9H2,(H2,18,22). The van der Waals surface area contributed by atoms with Gasteiger partial charge in [0.15, 0.2) is 0 Å². The van der Waals surface area contributed by atoms with Crippen LogP contribution in [0.1, 0.15) is 115 Å². The second-order valence-electron chi connectivity index (χ2n) is 30.6. The van der Waals surface area contributed by atoms with Crippen LogP contribution in [0.3, 0.4) is 0 Å². The maximum atomic E-state index is 12.8. The maximum absolute atomic E-state index is 12.8. The Labute approximate surface area is 710 Å². The molecule has 0 saturated carbocycles. The summed E-state index contributed by atoms with van der Waals surface area (Å²) in [6, 6.07) is 43.6. The van der Waals surface area contributed by atoms with Gasteiger partial charge in [0.05, 0.1) is 21.9 Å². The molecule has 9 heterocycles. The number of anilines is 4. The second kappa shape index (κ2) is 33.6. The van der Waals surface area contributed by atoms with Gasteiger partial charge in [-0.05, 0) is 54.6 Å². The fraction of sp³-hybridized carbons (Fsp3) is 0.299. The number of hydrogen-bond donors (Lipinski definition) is 4. The third kappa shape index (κ3) is 16.4. The van der Waals surface area contributed by atoms with Gasteiger partial charge in [-0.15, -0.1) is 47.0 Å². The van der Waals surface area contributed by atoms with Crippen LogP contribution in [-0.2, 0) is 38.1 Å². The number of pyridine rings is 1. The minimum absolute atomic E-state index is 0.130. The molecule has 4 fully saturated rings. The van der Waals surface area contributed by atoms with Crippen molar-refractivity contribution in [2.45, 2.75) is 73.8 Å². The Morgan fingerprint density at radius 1 is 0.370 bits per heavy atom. The first-order valence-corrected chi connectivity index (χ1v) is 43.3. The molecule has 12 aliphatic rings. The fourth-order valence-corrected chi connectivity index (χ4v) is 21.3. The lowest BCUT2D eigenvalue weighted by atomic mass is 9.90. The van der Waals surface area contributed by atoms with E-state index in [0.717, 1.165) is 11.4 Å². The summed E-state index contributed by atoms with van der Waals surface area (Å²) in [5.41, 5.74) is 10.9. The van der Waals surface area contributed by atoms with E-state index in [1.54, 1.807) is 111 Å². The predicted molar refractivity (Wildman–Crippen MR) is 457 cm³/mol. The first-order chi connectivity index (χ1) is 57.3. The zero-order valence-corrected chi connectivity index (χ0v) is 69.2. The van der Waals surface area contributed by atoms with Crippen molar-refractivity contribution in [3.8, 4) is 0 Å². The minimum atomic E-state index is -0.503. The highest BCUT2D eigenvalue weighted by molar-refractivity contribution is 8.05. The molecule has 8 aliphatic heterocycles. The molecule has 1 aromatic heterocycles. The molecule has 4 aliphatic carbocycles. The van der Waals surface area contributed by atoms with Crippen LogP contribution < -0.4 is 26.6 Å². The molecule has 6 aromatic carbocycles. The van der Waals surface area contributed by atoms with E-state index in [9.17, 15) is 57.5 Å². The van der Waals surface area contributed by atoms with Crippen LogP contribution in [0.4, 0.5) is 41.9 Å². The number of amides is 8. The lowest BCUT2D eigenvalue weighted by Gasteiger charge is -2.45. The SMILES string of the molecule is CN(C)c1ccc(NC(=O)N2CCC3(CC2)CSC2=C(O3)c3ccccc3C(=O)C2=O)cc1.NC(=O)N1CCC2(CC1)CSC1=C(O2)c2ccccc2C(=O)C1=O.O=C1C(=O)c2ccccc2C2=C1SCC1(CCN(C(=O)Nc3ccc(Cl)c(Cl)c3)CC1)O2.O=C1C(=O)c2ccccc2C2=C1SCC1(CCN(C(=O)Nc3cccnc3)CC1)O2. The number of thioether (sulfide) groups is 4. The normalized spacial score (nSPS) is 19.9. The van der Waals surface area contributed by atoms with Crippen molar-refractivity contribution in [3.63, 3.8) is 0 Å². The molecule has 19 rings (SSSR count). The Morgan fingerprint density at radius 2 is 0.664 bits per heavy atom. The summed E-state index contributed by atoms with van der Waals surface area (Å²) >= 11 is 17.5. The summed E-state index contributed by atoms with van der Waals surface area (Å²) < 4.78 is 25.6. The molecule has 5 N–H and O–H groups in total. The van der Waals surface area contributed by atoms with Gasteiger partial charge >= 0.3 is 24.1 Å². The van der Waals surface area contributed by atoms with Crippen LogP contribution in [-0.4, -0.2) is 207 Å². The number of nitrogens with two attached hydrogens (primary N) is 1. The molecule has 26 nitrogen and oxygen atoms in total. The van der Waals surface area contributed by atoms with Crippen molar-refractivity contribution >= 4 is 186 Å². The number of piperidine rings is 4. The van der Waals surface area contributed by atoms with Gasteiger partial charge in [0.1, 0.15) is 65.1 Å². The Hall–Kier alpha value is -11.2. The van der Waals surface area contributed by atoms with Gasteiger partial charge in [-0.1, -0.05) is 120 Å². The number of primary amides is 1. The Balaban J connectivity index is 0.000000119. The lowest BCUT2D eigenvalue weighted by molar-refractivity contribution is -0.112. The van der Waals surface area contributed by atoms with Gasteiger partial charge in [-0.25, -0.2) is 19.2 Å². The molecule has 7 aromatic rings. The van der Waals surface area contributed by atoms with Crippen molar-refractivity contribution in [1.29, 1.82) is 0 Å². The average Bonchev–Trinajstić information content (AvgIpc) is 0.757. The first-order valence-electron chi connectivity index (χ1n) is 38.6. The number of nitrogens with zero attached hydrogens (tertiary/aromatic N) is 6. The van der Waals surface area contributed by atoms with E-state index in [4.69, 9.17) is 47.9 Å². The number of ether oxygens (including phenoxy) is 4. The number of halogens is 2. The number of benzene rings is 6. The smallest absolute Gasteiger partial charge is 0.321 e. The van der Waals surface area contributed by atoms with Crippen molar-refractivity contribution in [3.05, 3.63) is 238 Å². The molecule has 4 saturated heterocycles. The average molecular weight is 1720 g/mol. The molecule has 119 heavy (non-hydrogen) atoms. The summed E-state index contributed by atoms with van der Waals surface area (Å²) in [6.45, 7) is 4.28. The highest BCUT2D eigenvalue weighted by atomic mass is 35.5. The van der Waals surface area contributed by atoms with Gasteiger partial charge in [-0.3, -0.25) is 43.3 Å². The quantitative estimate of drug-likeness (QED) is 0.119. The van der Waals surface area contributed by atoms with Gasteiger partial charge in [0, 0.05) is 209 Å². The number of Topliss-reactive ketones (excluding diaryl/α,β-unsaturated/α-hetero) is 8. The molecular formula is C87H78Cl2N10O16S4. The highest BCUT2D eigenvalue weighted by Gasteiger charge is 2.52. The van der Waals surface area contributed by atoms with Crippen molar-refractivity contribution in [1.82, 2.24) is 24.6 Å². The number of likely N-dealkylation sites (tertiary alicyclic amines) is 4. The van der Waals surface area contributed by atoms with Crippen molar-refractivity contribution in [2.24, 2.45) is 5.73 Å². The van der Waals surface area contributed by atoms with Crippen molar-refractivity contribution in [2.75, 3.05) is 110 Å². The molecule has 0 atom stereocenters. The van der Waals surface area contributed by atoms with Gasteiger partial charge in [0.25, 0.3) is 0 Å². The van der Waals surface area contributed by atoms with Crippen LogP contribution >= 0.6 is 70.2 Å². The number of carbonyl (C=O) groups is 12. The highest BCUT2D eigenvalue weighted by Crippen LogP contribution is 2.52. The number of fused-ring (bicyclic) bond motifs is 8. The van der Waals surface area contributed by atoms with E-state index in [1.165, 1.54) is 47.0 Å². The summed E-state index contributed by atoms with van der Waals surface area (Å²) in [7, 11) is 3.95. The first kappa shape index (κ1) is 81.6. The molecule has 0 bridgehead atoms. The van der Waals surface area contributed by atoms with Crippen LogP contribution in [0.2, 0.25) is 10.0 Å². The number of allylic oxidation sites excluding steroid dienone is 4. The van der Waals surface area contributed by atoms with E-state index >= 15 is 0 Å². The van der Waals surface area contributed by atoms with Crippen LogP contribution in [0, 0.1) is 0 Å². The van der Waals surface area contributed by atoms with Gasteiger partial charge < -0.3 is 65.1 Å². The number of urea groups is 4. The van der Waals surface area contributed by atoms with Crippen molar-refractivity contribution < 1.29 is 76.5 Å². The number of aromatic nitrogens is 1. The molecule has 32 heteroatoms. The number of carbonyl (C=O) groups excluding carboxylic acids is 12. The summed E-state index contributed by atoms with van der Waals surface area (Å²) in [6.07, 6.45) is 8.45. The Kier molecular flexibility index (Phi) is 23.0. The largest absolute Gasteiger partial charge is 0.484 e. The summed E-state index contributed by atoms with van der Waals surface area (Å²) in [4.78, 5) is 163. The van der Waals surface area contributed by atoms with Crippen LogP contribution in [0.25, 0.3) is 23.0 Å². The van der Waals surface area contributed by atoms with E-state index in [0.29, 0.717) is 235 Å². The predicted octanol–water partition coefficient (Wildman–Crippen LogP) is 14.4. The maximum Gasteiger partial charge on any atom is 0.321 e. The summed E-state index contributed by atoms with van der Waals surface area (Å²) in [5, 5.41) is 9.47. The third-order valence-electron chi connectivity index (χ3n) is 22.9. The molecule has 0 unspecified atom stereocenters. The Morgan fingerprint density at radius 3 is 0.958 bits per heavy atom. The van der Waals surface area contributed by atoms with E-state index in [1.807, 2.05) is 91.8 Å². The molecular weight excluding hydrogens is 1640 g/mol. The molecule has 4 spiro atoms.